The first-order chi connectivity index (χ1) is 22.2. The Balaban J connectivity index is 1.56. The van der Waals surface area contributed by atoms with Gasteiger partial charge in [-0.3, -0.25) is 9.59 Å². The zero-order valence-electron chi connectivity index (χ0n) is 26.3. The Kier molecular flexibility index (Phi) is 9.76. The number of rotatable bonds is 11. The first-order valence-corrected chi connectivity index (χ1v) is 14.9. The standard InChI is InChI=1S/C36H35FN4O5/c1-6-45-32-18-23(4)29(19-28(32)22(2)3)35-40-30-12-8-7-11-27(30)36(43)41(35)38-20-24-10-9-13-31(44-5)34(24)46-21-33(42)39-26-16-14-25(37)15-17-26/h7-20,22H,6,21H2,1-5H3,(H,39,42). The molecule has 236 valence electrons. The summed E-state index contributed by atoms with van der Waals surface area (Å²) < 4.78 is 31.9. The van der Waals surface area contributed by atoms with E-state index in [4.69, 9.17) is 19.2 Å². The second-order valence-electron chi connectivity index (χ2n) is 10.8. The van der Waals surface area contributed by atoms with Gasteiger partial charge in [-0.2, -0.15) is 9.78 Å². The number of aryl methyl sites for hydroxylation is 1. The normalized spacial score (nSPS) is 11.3. The highest BCUT2D eigenvalue weighted by Gasteiger charge is 2.19. The second-order valence-corrected chi connectivity index (χ2v) is 10.8. The maximum absolute atomic E-state index is 13.9. The molecular weight excluding hydrogens is 587 g/mol. The molecule has 1 heterocycles. The molecule has 46 heavy (non-hydrogen) atoms. The zero-order chi connectivity index (χ0) is 32.8. The van der Waals surface area contributed by atoms with E-state index in [1.54, 1.807) is 36.4 Å². The molecule has 10 heteroatoms. The Bertz CT molecular complexity index is 1970. The molecule has 0 radical (unpaired) electrons. The fourth-order valence-corrected chi connectivity index (χ4v) is 5.01. The summed E-state index contributed by atoms with van der Waals surface area (Å²) in [5.41, 5.74) is 3.70. The van der Waals surface area contributed by atoms with Crippen molar-refractivity contribution in [1.29, 1.82) is 0 Å². The third kappa shape index (κ3) is 6.91. The summed E-state index contributed by atoms with van der Waals surface area (Å²) in [7, 11) is 1.48. The van der Waals surface area contributed by atoms with Gasteiger partial charge in [0.25, 0.3) is 11.5 Å². The van der Waals surface area contributed by atoms with Gasteiger partial charge in [0.15, 0.2) is 23.9 Å². The lowest BCUT2D eigenvalue weighted by molar-refractivity contribution is -0.118. The van der Waals surface area contributed by atoms with Gasteiger partial charge < -0.3 is 19.5 Å². The number of carbonyl (C=O) groups is 1. The fourth-order valence-electron chi connectivity index (χ4n) is 5.01. The second kappa shape index (κ2) is 14.1. The Labute approximate surface area is 266 Å². The summed E-state index contributed by atoms with van der Waals surface area (Å²) >= 11 is 0. The van der Waals surface area contributed by atoms with Gasteiger partial charge >= 0.3 is 0 Å². The summed E-state index contributed by atoms with van der Waals surface area (Å²) in [6, 6.07) is 21.7. The van der Waals surface area contributed by atoms with E-state index in [1.165, 1.54) is 42.3 Å². The predicted octanol–water partition coefficient (Wildman–Crippen LogP) is 6.94. The van der Waals surface area contributed by atoms with Gasteiger partial charge in [-0.15, -0.1) is 0 Å². The fraction of sp³-hybridized carbons (Fsp3) is 0.222. The van der Waals surface area contributed by atoms with Gasteiger partial charge in [-0.05, 0) is 91.6 Å². The number of halogens is 1. The maximum atomic E-state index is 13.9. The topological polar surface area (TPSA) is 104 Å². The van der Waals surface area contributed by atoms with Gasteiger partial charge in [0.05, 0.1) is 30.8 Å². The van der Waals surface area contributed by atoms with Crippen LogP contribution in [0.5, 0.6) is 17.2 Å². The molecule has 1 N–H and O–H groups in total. The van der Waals surface area contributed by atoms with Gasteiger partial charge in [0, 0.05) is 16.8 Å². The quantitative estimate of drug-likeness (QED) is 0.160. The number of nitrogens with zero attached hydrogens (tertiary/aromatic N) is 3. The van der Waals surface area contributed by atoms with E-state index >= 15 is 0 Å². The van der Waals surface area contributed by atoms with Crippen LogP contribution in [-0.4, -0.2) is 42.1 Å². The third-order valence-corrected chi connectivity index (χ3v) is 7.29. The van der Waals surface area contributed by atoms with Crippen molar-refractivity contribution in [1.82, 2.24) is 9.66 Å². The molecule has 0 saturated carbocycles. The number of hydrogen-bond acceptors (Lipinski definition) is 7. The molecule has 4 aromatic carbocycles. The van der Waals surface area contributed by atoms with Crippen LogP contribution in [0.15, 0.2) is 88.8 Å². The number of amides is 1. The van der Waals surface area contributed by atoms with E-state index in [9.17, 15) is 14.0 Å². The lowest BCUT2D eigenvalue weighted by atomic mass is 9.96. The molecule has 1 amide bonds. The van der Waals surface area contributed by atoms with Crippen molar-refractivity contribution in [3.63, 3.8) is 0 Å². The van der Waals surface area contributed by atoms with E-state index in [0.717, 1.165) is 22.4 Å². The molecule has 0 atom stereocenters. The molecule has 0 aliphatic heterocycles. The summed E-state index contributed by atoms with van der Waals surface area (Å²) in [6.45, 7) is 8.23. The number of nitrogens with one attached hydrogen (secondary N) is 1. The van der Waals surface area contributed by atoms with Crippen LogP contribution in [0.25, 0.3) is 22.3 Å². The summed E-state index contributed by atoms with van der Waals surface area (Å²) in [6.07, 6.45) is 1.48. The Hall–Kier alpha value is -5.51. The molecule has 9 nitrogen and oxygen atoms in total. The molecular formula is C36H35FN4O5. The van der Waals surface area contributed by atoms with Crippen LogP contribution in [0.2, 0.25) is 0 Å². The Morgan fingerprint density at radius 2 is 1.78 bits per heavy atom. The predicted molar refractivity (Wildman–Crippen MR) is 178 cm³/mol. The van der Waals surface area contributed by atoms with Gasteiger partial charge in [0.2, 0.25) is 0 Å². The van der Waals surface area contributed by atoms with E-state index in [1.807, 2.05) is 32.0 Å². The SMILES string of the molecule is CCOc1cc(C)c(-c2nc3ccccc3c(=O)n2N=Cc2cccc(OC)c2OCC(=O)Nc2ccc(F)cc2)cc1C(C)C. The molecule has 0 aliphatic rings. The first-order valence-electron chi connectivity index (χ1n) is 14.9. The van der Waals surface area contributed by atoms with Gasteiger partial charge in [-0.25, -0.2) is 9.37 Å². The summed E-state index contributed by atoms with van der Waals surface area (Å²) in [4.78, 5) is 31.4. The van der Waals surface area contributed by atoms with Crippen molar-refractivity contribution >= 4 is 28.7 Å². The minimum absolute atomic E-state index is 0.154. The lowest BCUT2D eigenvalue weighted by Gasteiger charge is -2.18. The van der Waals surface area contributed by atoms with Crippen LogP contribution in [0, 0.1) is 12.7 Å². The number of carbonyl (C=O) groups excluding carboxylic acids is 1. The van der Waals surface area contributed by atoms with Crippen LogP contribution in [0.3, 0.4) is 0 Å². The number of fused-ring (bicyclic) bond motifs is 1. The zero-order valence-corrected chi connectivity index (χ0v) is 26.3. The lowest BCUT2D eigenvalue weighted by Crippen LogP contribution is -2.21. The monoisotopic (exact) mass is 622 g/mol. The van der Waals surface area contributed by atoms with Gasteiger partial charge in [-0.1, -0.05) is 32.0 Å². The molecule has 0 bridgehead atoms. The number of benzene rings is 4. The van der Waals surface area contributed by atoms with Crippen LogP contribution in [-0.2, 0) is 4.79 Å². The van der Waals surface area contributed by atoms with Crippen molar-refractivity contribution in [3.8, 4) is 28.6 Å². The summed E-state index contributed by atoms with van der Waals surface area (Å²) in [5.74, 6) is 1.07. The first kappa shape index (κ1) is 31.9. The van der Waals surface area contributed by atoms with Crippen molar-refractivity contribution in [2.75, 3.05) is 25.6 Å². The smallest absolute Gasteiger partial charge is 0.282 e. The Morgan fingerprint density at radius 1 is 1.02 bits per heavy atom. The van der Waals surface area contributed by atoms with Crippen LogP contribution in [0.1, 0.15) is 43.4 Å². The molecule has 5 aromatic rings. The highest BCUT2D eigenvalue weighted by atomic mass is 19.1. The number of anilines is 1. The van der Waals surface area contributed by atoms with Crippen LogP contribution < -0.4 is 25.1 Å². The molecule has 0 aliphatic carbocycles. The minimum Gasteiger partial charge on any atom is -0.494 e. The molecule has 0 spiro atoms. The summed E-state index contributed by atoms with van der Waals surface area (Å²) in [5, 5.41) is 7.71. The highest BCUT2D eigenvalue weighted by Crippen LogP contribution is 2.35. The van der Waals surface area contributed by atoms with E-state index < -0.39 is 11.7 Å². The van der Waals surface area contributed by atoms with Crippen molar-refractivity contribution in [3.05, 3.63) is 112 Å². The van der Waals surface area contributed by atoms with Crippen LogP contribution in [0.4, 0.5) is 10.1 Å². The largest absolute Gasteiger partial charge is 0.494 e. The van der Waals surface area contributed by atoms with E-state index in [-0.39, 0.29) is 23.8 Å². The number of methoxy groups -OCH3 is 1. The number of aromatic nitrogens is 2. The molecule has 0 saturated heterocycles. The van der Waals surface area contributed by atoms with E-state index in [2.05, 4.69) is 24.3 Å². The third-order valence-electron chi connectivity index (χ3n) is 7.29. The number of para-hydroxylation sites is 2. The van der Waals surface area contributed by atoms with Crippen LogP contribution >= 0.6 is 0 Å². The molecule has 5 rings (SSSR count). The highest BCUT2D eigenvalue weighted by molar-refractivity contribution is 5.92. The van der Waals surface area contributed by atoms with Crippen molar-refractivity contribution in [2.24, 2.45) is 5.10 Å². The van der Waals surface area contributed by atoms with Crippen molar-refractivity contribution < 1.29 is 23.4 Å². The average molecular weight is 623 g/mol. The van der Waals surface area contributed by atoms with Crippen molar-refractivity contribution in [2.45, 2.75) is 33.6 Å². The number of hydrogen-bond donors (Lipinski definition) is 1. The van der Waals surface area contributed by atoms with Gasteiger partial charge in [0.1, 0.15) is 11.6 Å². The average Bonchev–Trinajstić information content (AvgIpc) is 3.04. The molecule has 0 fully saturated rings. The number of ether oxygens (including phenoxy) is 3. The minimum atomic E-state index is -0.454. The van der Waals surface area contributed by atoms with E-state index in [0.29, 0.717) is 40.3 Å². The maximum Gasteiger partial charge on any atom is 0.282 e. The molecule has 1 aromatic heterocycles. The molecule has 0 unspecified atom stereocenters. The Morgan fingerprint density at radius 3 is 2.50 bits per heavy atom.